The van der Waals surface area contributed by atoms with E-state index in [1.807, 2.05) is 13.0 Å². The lowest BCUT2D eigenvalue weighted by molar-refractivity contribution is 0.0988. The molecule has 0 aliphatic heterocycles. The molecule has 104 valence electrons. The highest BCUT2D eigenvalue weighted by Crippen LogP contribution is 2.20. The molecule has 2 aromatic rings. The van der Waals surface area contributed by atoms with Crippen molar-refractivity contribution in [3.63, 3.8) is 0 Å². The number of amides is 1. The van der Waals surface area contributed by atoms with Crippen LogP contribution in [0.1, 0.15) is 22.8 Å². The van der Waals surface area contributed by atoms with Gasteiger partial charge in [-0.05, 0) is 49.7 Å². The van der Waals surface area contributed by atoms with E-state index in [0.717, 1.165) is 0 Å². The summed E-state index contributed by atoms with van der Waals surface area (Å²) in [6.45, 7) is 4.02. The third kappa shape index (κ3) is 2.79. The average Bonchev–Trinajstić information content (AvgIpc) is 2.42. The molecule has 2 rings (SSSR count). The molecule has 0 fully saturated rings. The second-order valence-electron chi connectivity index (χ2n) is 4.61. The van der Waals surface area contributed by atoms with Crippen molar-refractivity contribution < 1.29 is 9.18 Å². The summed E-state index contributed by atoms with van der Waals surface area (Å²) >= 11 is 0. The first-order valence-electron chi connectivity index (χ1n) is 6.46. The van der Waals surface area contributed by atoms with Crippen molar-refractivity contribution in [2.75, 3.05) is 17.2 Å². The number of halogens is 1. The highest BCUT2D eigenvalue weighted by Gasteiger charge is 2.17. The Hall–Kier alpha value is -2.36. The van der Waals surface area contributed by atoms with Crippen LogP contribution >= 0.6 is 0 Å². The summed E-state index contributed by atoms with van der Waals surface area (Å²) in [5.41, 5.74) is 7.88. The number of anilines is 2. The molecule has 20 heavy (non-hydrogen) atoms. The number of hydrogen-bond donors (Lipinski definition) is 1. The van der Waals surface area contributed by atoms with Gasteiger partial charge in [0.15, 0.2) is 0 Å². The summed E-state index contributed by atoms with van der Waals surface area (Å²) in [4.78, 5) is 14.0. The number of hydrogen-bond acceptors (Lipinski definition) is 2. The lowest BCUT2D eigenvalue weighted by atomic mass is 10.1. The van der Waals surface area contributed by atoms with Crippen molar-refractivity contribution in [2.45, 2.75) is 13.8 Å². The van der Waals surface area contributed by atoms with Gasteiger partial charge in [-0.3, -0.25) is 4.79 Å². The van der Waals surface area contributed by atoms with E-state index in [0.29, 0.717) is 29.0 Å². The zero-order valence-electron chi connectivity index (χ0n) is 11.6. The average molecular weight is 272 g/mol. The predicted octanol–water partition coefficient (Wildman–Crippen LogP) is 3.38. The van der Waals surface area contributed by atoms with Crippen molar-refractivity contribution in [1.82, 2.24) is 0 Å². The van der Waals surface area contributed by atoms with Gasteiger partial charge in [0.25, 0.3) is 5.91 Å². The molecule has 0 saturated carbocycles. The maximum absolute atomic E-state index is 13.6. The minimum absolute atomic E-state index is 0.239. The Kier molecular flexibility index (Phi) is 4.03. The van der Waals surface area contributed by atoms with Gasteiger partial charge in [-0.1, -0.05) is 12.1 Å². The highest BCUT2D eigenvalue weighted by atomic mass is 19.1. The van der Waals surface area contributed by atoms with E-state index in [9.17, 15) is 9.18 Å². The molecule has 0 saturated heterocycles. The molecule has 0 spiro atoms. The second-order valence-corrected chi connectivity index (χ2v) is 4.61. The van der Waals surface area contributed by atoms with Crippen molar-refractivity contribution >= 4 is 17.3 Å². The summed E-state index contributed by atoms with van der Waals surface area (Å²) in [6, 6.07) is 11.6. The fourth-order valence-electron chi connectivity index (χ4n) is 2.02. The Morgan fingerprint density at radius 2 is 2.00 bits per heavy atom. The van der Waals surface area contributed by atoms with Gasteiger partial charge in [-0.15, -0.1) is 0 Å². The number of benzene rings is 2. The van der Waals surface area contributed by atoms with Crippen LogP contribution in [0.2, 0.25) is 0 Å². The molecule has 0 bridgehead atoms. The van der Waals surface area contributed by atoms with E-state index in [-0.39, 0.29) is 11.7 Å². The van der Waals surface area contributed by atoms with E-state index < -0.39 is 0 Å². The van der Waals surface area contributed by atoms with Crippen molar-refractivity contribution in [3.8, 4) is 0 Å². The minimum atomic E-state index is -0.375. The van der Waals surface area contributed by atoms with E-state index in [1.165, 1.54) is 6.07 Å². The normalized spacial score (nSPS) is 10.3. The third-order valence-corrected chi connectivity index (χ3v) is 3.16. The number of carbonyl (C=O) groups is 1. The Labute approximate surface area is 117 Å². The molecule has 2 N–H and O–H groups in total. The molecule has 0 atom stereocenters. The molecular formula is C16H17FN2O. The number of aryl methyl sites for hydroxylation is 1. The molecule has 0 aliphatic rings. The van der Waals surface area contributed by atoms with Crippen molar-refractivity contribution in [3.05, 3.63) is 59.4 Å². The summed E-state index contributed by atoms with van der Waals surface area (Å²) in [7, 11) is 0. The van der Waals surface area contributed by atoms with Crippen LogP contribution < -0.4 is 10.6 Å². The van der Waals surface area contributed by atoms with Gasteiger partial charge in [0.1, 0.15) is 5.82 Å². The maximum atomic E-state index is 13.6. The van der Waals surface area contributed by atoms with E-state index in [4.69, 9.17) is 5.73 Å². The van der Waals surface area contributed by atoms with Crippen LogP contribution in [-0.2, 0) is 0 Å². The molecule has 3 nitrogen and oxygen atoms in total. The second kappa shape index (κ2) is 5.74. The topological polar surface area (TPSA) is 46.3 Å². The van der Waals surface area contributed by atoms with Gasteiger partial charge in [-0.2, -0.15) is 0 Å². The van der Waals surface area contributed by atoms with E-state index in [2.05, 4.69) is 0 Å². The molecule has 1 amide bonds. The van der Waals surface area contributed by atoms with Gasteiger partial charge >= 0.3 is 0 Å². The van der Waals surface area contributed by atoms with Crippen LogP contribution in [0, 0.1) is 12.7 Å². The Morgan fingerprint density at radius 3 is 2.60 bits per heavy atom. The standard InChI is InChI=1S/C16H17FN2O/c1-3-19(14-6-4-5-13(18)10-14)16(20)12-8-7-11(2)15(17)9-12/h4-10H,3,18H2,1-2H3. The predicted molar refractivity (Wildman–Crippen MR) is 79.3 cm³/mol. The van der Waals surface area contributed by atoms with Crippen LogP contribution in [0.5, 0.6) is 0 Å². The number of nitrogen functional groups attached to an aromatic ring is 1. The lowest BCUT2D eigenvalue weighted by Crippen LogP contribution is -2.30. The Balaban J connectivity index is 2.36. The van der Waals surface area contributed by atoms with Gasteiger partial charge in [0.2, 0.25) is 0 Å². The SMILES string of the molecule is CCN(C(=O)c1ccc(C)c(F)c1)c1cccc(N)c1. The number of carbonyl (C=O) groups excluding carboxylic acids is 1. The summed E-state index contributed by atoms with van der Waals surface area (Å²) in [5, 5.41) is 0. The molecule has 4 heteroatoms. The summed E-state index contributed by atoms with van der Waals surface area (Å²) in [5.74, 6) is -0.614. The zero-order chi connectivity index (χ0) is 14.7. The largest absolute Gasteiger partial charge is 0.399 e. The van der Waals surface area contributed by atoms with Crippen LogP contribution in [0.25, 0.3) is 0 Å². The zero-order valence-corrected chi connectivity index (χ0v) is 11.6. The molecular weight excluding hydrogens is 255 g/mol. The van der Waals surface area contributed by atoms with Crippen LogP contribution in [0.15, 0.2) is 42.5 Å². The van der Waals surface area contributed by atoms with Crippen LogP contribution in [0.4, 0.5) is 15.8 Å². The first-order valence-corrected chi connectivity index (χ1v) is 6.46. The molecule has 0 aliphatic carbocycles. The molecule has 0 aromatic heterocycles. The summed E-state index contributed by atoms with van der Waals surface area (Å²) < 4.78 is 13.6. The lowest BCUT2D eigenvalue weighted by Gasteiger charge is -2.21. The van der Waals surface area contributed by atoms with Gasteiger partial charge in [-0.25, -0.2) is 4.39 Å². The first-order chi connectivity index (χ1) is 9.52. The monoisotopic (exact) mass is 272 g/mol. The fourth-order valence-corrected chi connectivity index (χ4v) is 2.02. The highest BCUT2D eigenvalue weighted by molar-refractivity contribution is 6.06. The minimum Gasteiger partial charge on any atom is -0.399 e. The fraction of sp³-hybridized carbons (Fsp3) is 0.188. The maximum Gasteiger partial charge on any atom is 0.258 e. The molecule has 2 aromatic carbocycles. The Morgan fingerprint density at radius 1 is 1.25 bits per heavy atom. The van der Waals surface area contributed by atoms with E-state index in [1.54, 1.807) is 42.2 Å². The van der Waals surface area contributed by atoms with Crippen molar-refractivity contribution in [2.24, 2.45) is 0 Å². The third-order valence-electron chi connectivity index (χ3n) is 3.16. The van der Waals surface area contributed by atoms with Crippen molar-refractivity contribution in [1.29, 1.82) is 0 Å². The van der Waals surface area contributed by atoms with E-state index >= 15 is 0 Å². The quantitative estimate of drug-likeness (QED) is 0.871. The van der Waals surface area contributed by atoms with Gasteiger partial charge < -0.3 is 10.6 Å². The smallest absolute Gasteiger partial charge is 0.258 e. The first kappa shape index (κ1) is 14.1. The van der Waals surface area contributed by atoms with Gasteiger partial charge in [0, 0.05) is 23.5 Å². The number of nitrogens with zero attached hydrogens (tertiary/aromatic N) is 1. The van der Waals surface area contributed by atoms with Gasteiger partial charge in [0.05, 0.1) is 0 Å². The molecule has 0 radical (unpaired) electrons. The molecule has 0 unspecified atom stereocenters. The molecule has 0 heterocycles. The number of nitrogens with two attached hydrogens (primary N) is 1. The van der Waals surface area contributed by atoms with Crippen LogP contribution in [0.3, 0.4) is 0 Å². The van der Waals surface area contributed by atoms with Crippen LogP contribution in [-0.4, -0.2) is 12.5 Å². The Bertz CT molecular complexity index is 640. The number of rotatable bonds is 3. The summed E-state index contributed by atoms with van der Waals surface area (Å²) in [6.07, 6.45) is 0.